The average Bonchev–Trinajstić information content (AvgIpc) is 2.94. The fourth-order valence-electron chi connectivity index (χ4n) is 3.61. The van der Waals surface area contributed by atoms with E-state index in [1.54, 1.807) is 4.90 Å². The summed E-state index contributed by atoms with van der Waals surface area (Å²) in [6, 6.07) is 7.89. The molecule has 2 fully saturated rings. The lowest BCUT2D eigenvalue weighted by Gasteiger charge is -2.39. The molecule has 1 unspecified atom stereocenters. The van der Waals surface area contributed by atoms with E-state index in [4.69, 9.17) is 0 Å². The van der Waals surface area contributed by atoms with Crippen molar-refractivity contribution in [2.24, 2.45) is 0 Å². The summed E-state index contributed by atoms with van der Waals surface area (Å²) in [5, 5.41) is 5.90. The number of nitrogens with one attached hydrogen (secondary N) is 2. The van der Waals surface area contributed by atoms with E-state index in [0.29, 0.717) is 13.1 Å². The lowest BCUT2D eigenvalue weighted by atomic mass is 9.86. The van der Waals surface area contributed by atoms with Gasteiger partial charge in [-0.15, -0.1) is 0 Å². The molecule has 118 valence electrons. The van der Waals surface area contributed by atoms with E-state index in [1.807, 2.05) is 31.2 Å². The molecule has 3 rings (SSSR count). The zero-order valence-electron chi connectivity index (χ0n) is 13.0. The summed E-state index contributed by atoms with van der Waals surface area (Å²) in [7, 11) is 0. The highest BCUT2D eigenvalue weighted by atomic mass is 16.2. The quantitative estimate of drug-likeness (QED) is 0.877. The molecule has 5 heteroatoms. The van der Waals surface area contributed by atoms with Crippen LogP contribution in [0.3, 0.4) is 0 Å². The van der Waals surface area contributed by atoms with Gasteiger partial charge >= 0.3 is 6.03 Å². The molecule has 1 aromatic carbocycles. The van der Waals surface area contributed by atoms with Crippen molar-refractivity contribution in [1.82, 2.24) is 15.5 Å². The van der Waals surface area contributed by atoms with Crippen molar-refractivity contribution < 1.29 is 9.59 Å². The summed E-state index contributed by atoms with van der Waals surface area (Å²) in [5.41, 5.74) is 1.65. The zero-order chi connectivity index (χ0) is 15.6. The van der Waals surface area contributed by atoms with Gasteiger partial charge in [-0.25, -0.2) is 4.79 Å². The van der Waals surface area contributed by atoms with Crippen LogP contribution in [0.25, 0.3) is 0 Å². The highest BCUT2D eigenvalue weighted by Crippen LogP contribution is 2.35. The SMILES string of the molecule is Cc1ccccc1CNC(=O)N1CCCC12CCCNC2=O. The number of benzene rings is 1. The first kappa shape index (κ1) is 14.9. The summed E-state index contributed by atoms with van der Waals surface area (Å²) in [4.78, 5) is 26.7. The van der Waals surface area contributed by atoms with Crippen LogP contribution in [-0.2, 0) is 11.3 Å². The van der Waals surface area contributed by atoms with Gasteiger partial charge in [0.15, 0.2) is 0 Å². The average molecular weight is 301 g/mol. The standard InChI is InChI=1S/C17H23N3O2/c1-13-6-2-3-7-14(13)12-19-16(22)20-11-5-9-17(20)8-4-10-18-15(17)21/h2-3,6-7H,4-5,8-12H2,1H3,(H,18,21)(H,19,22). The van der Waals surface area contributed by atoms with Crippen LogP contribution in [0, 0.1) is 6.92 Å². The van der Waals surface area contributed by atoms with E-state index >= 15 is 0 Å². The summed E-state index contributed by atoms with van der Waals surface area (Å²) in [6.45, 7) is 3.92. The monoisotopic (exact) mass is 301 g/mol. The van der Waals surface area contributed by atoms with Gasteiger partial charge in [-0.2, -0.15) is 0 Å². The Kier molecular flexibility index (Phi) is 4.05. The Balaban J connectivity index is 1.69. The molecule has 0 bridgehead atoms. The molecule has 5 nitrogen and oxygen atoms in total. The number of rotatable bonds is 2. The van der Waals surface area contributed by atoms with Gasteiger partial charge in [-0.05, 0) is 43.7 Å². The Morgan fingerprint density at radius 3 is 2.86 bits per heavy atom. The Morgan fingerprint density at radius 1 is 1.32 bits per heavy atom. The zero-order valence-corrected chi connectivity index (χ0v) is 13.0. The minimum absolute atomic E-state index is 0.0160. The number of likely N-dealkylation sites (tertiary alicyclic amines) is 1. The normalized spacial score (nSPS) is 24.4. The van der Waals surface area contributed by atoms with Crippen LogP contribution < -0.4 is 10.6 Å². The lowest BCUT2D eigenvalue weighted by molar-refractivity contribution is -0.132. The molecular weight excluding hydrogens is 278 g/mol. The highest BCUT2D eigenvalue weighted by molar-refractivity contribution is 5.92. The van der Waals surface area contributed by atoms with Crippen LogP contribution in [-0.4, -0.2) is 35.5 Å². The third-order valence-corrected chi connectivity index (χ3v) is 4.90. The van der Waals surface area contributed by atoms with Crippen LogP contribution in [0.1, 0.15) is 36.8 Å². The summed E-state index contributed by atoms with van der Waals surface area (Å²) in [6.07, 6.45) is 3.38. The number of piperidine rings is 1. The number of carbonyl (C=O) groups excluding carboxylic acids is 2. The van der Waals surface area contributed by atoms with Gasteiger partial charge in [0, 0.05) is 19.6 Å². The first-order chi connectivity index (χ1) is 10.6. The molecule has 0 aliphatic carbocycles. The molecular formula is C17H23N3O2. The predicted octanol–water partition coefficient (Wildman–Crippen LogP) is 1.95. The van der Waals surface area contributed by atoms with E-state index in [2.05, 4.69) is 10.6 Å². The van der Waals surface area contributed by atoms with Crippen LogP contribution in [0.5, 0.6) is 0 Å². The molecule has 0 aromatic heterocycles. The molecule has 2 aliphatic heterocycles. The molecule has 2 aliphatic rings. The van der Waals surface area contributed by atoms with Crippen LogP contribution in [0.4, 0.5) is 4.79 Å². The Labute approximate surface area is 131 Å². The van der Waals surface area contributed by atoms with Crippen molar-refractivity contribution in [2.75, 3.05) is 13.1 Å². The molecule has 2 saturated heterocycles. The van der Waals surface area contributed by atoms with Gasteiger partial charge in [0.2, 0.25) is 5.91 Å². The summed E-state index contributed by atoms with van der Waals surface area (Å²) in [5.74, 6) is 0.0160. The molecule has 22 heavy (non-hydrogen) atoms. The van der Waals surface area contributed by atoms with E-state index < -0.39 is 5.54 Å². The summed E-state index contributed by atoms with van der Waals surface area (Å²) >= 11 is 0. The smallest absolute Gasteiger partial charge is 0.318 e. The Morgan fingerprint density at radius 2 is 2.09 bits per heavy atom. The Hall–Kier alpha value is -2.04. The minimum atomic E-state index is -0.617. The fraction of sp³-hybridized carbons (Fsp3) is 0.529. The third kappa shape index (κ3) is 2.56. The van der Waals surface area contributed by atoms with Crippen molar-refractivity contribution in [3.63, 3.8) is 0 Å². The molecule has 0 saturated carbocycles. The number of hydrogen-bond acceptors (Lipinski definition) is 2. The topological polar surface area (TPSA) is 61.4 Å². The van der Waals surface area contributed by atoms with Gasteiger partial charge in [0.05, 0.1) is 0 Å². The number of urea groups is 1. The second-order valence-electron chi connectivity index (χ2n) is 6.23. The van der Waals surface area contributed by atoms with Gasteiger partial charge < -0.3 is 15.5 Å². The number of aryl methyl sites for hydroxylation is 1. The maximum absolute atomic E-state index is 12.6. The molecule has 1 aromatic rings. The number of carbonyl (C=O) groups is 2. The summed E-state index contributed by atoms with van der Waals surface area (Å²) < 4.78 is 0. The number of nitrogens with zero attached hydrogens (tertiary/aromatic N) is 1. The van der Waals surface area contributed by atoms with Crippen molar-refractivity contribution in [3.05, 3.63) is 35.4 Å². The van der Waals surface area contributed by atoms with Gasteiger partial charge in [0.25, 0.3) is 0 Å². The van der Waals surface area contributed by atoms with E-state index in [0.717, 1.165) is 43.4 Å². The van der Waals surface area contributed by atoms with Crippen molar-refractivity contribution >= 4 is 11.9 Å². The van der Waals surface area contributed by atoms with Crippen molar-refractivity contribution in [2.45, 2.75) is 44.7 Å². The van der Waals surface area contributed by atoms with E-state index in [1.165, 1.54) is 0 Å². The molecule has 2 N–H and O–H groups in total. The molecule has 2 heterocycles. The first-order valence-corrected chi connectivity index (χ1v) is 8.02. The predicted molar refractivity (Wildman–Crippen MR) is 84.3 cm³/mol. The molecule has 1 spiro atoms. The third-order valence-electron chi connectivity index (χ3n) is 4.90. The van der Waals surface area contributed by atoms with Crippen LogP contribution in [0.15, 0.2) is 24.3 Å². The first-order valence-electron chi connectivity index (χ1n) is 8.02. The number of amides is 3. The van der Waals surface area contributed by atoms with Gasteiger partial charge in [0.1, 0.15) is 5.54 Å². The maximum atomic E-state index is 12.6. The largest absolute Gasteiger partial charge is 0.354 e. The molecule has 1 atom stereocenters. The Bertz CT molecular complexity index is 587. The van der Waals surface area contributed by atoms with Crippen molar-refractivity contribution in [1.29, 1.82) is 0 Å². The van der Waals surface area contributed by atoms with Crippen LogP contribution in [0.2, 0.25) is 0 Å². The fourth-order valence-corrected chi connectivity index (χ4v) is 3.61. The minimum Gasteiger partial charge on any atom is -0.354 e. The molecule has 3 amide bonds. The van der Waals surface area contributed by atoms with E-state index in [-0.39, 0.29) is 11.9 Å². The van der Waals surface area contributed by atoms with E-state index in [9.17, 15) is 9.59 Å². The van der Waals surface area contributed by atoms with Gasteiger partial charge in [-0.1, -0.05) is 24.3 Å². The second kappa shape index (κ2) is 5.99. The van der Waals surface area contributed by atoms with Crippen LogP contribution >= 0.6 is 0 Å². The highest BCUT2D eigenvalue weighted by Gasteiger charge is 2.50. The lowest BCUT2D eigenvalue weighted by Crippen LogP contribution is -2.61. The number of hydrogen-bond donors (Lipinski definition) is 2. The van der Waals surface area contributed by atoms with Crippen molar-refractivity contribution in [3.8, 4) is 0 Å². The second-order valence-corrected chi connectivity index (χ2v) is 6.23. The maximum Gasteiger partial charge on any atom is 0.318 e. The van der Waals surface area contributed by atoms with Gasteiger partial charge in [-0.3, -0.25) is 4.79 Å². The molecule has 0 radical (unpaired) electrons.